The average Bonchev–Trinajstić information content (AvgIpc) is 3.21. The number of fused-ring (bicyclic) bond motifs is 2. The molecule has 170 valence electrons. The van der Waals surface area contributed by atoms with Crippen LogP contribution in [0, 0.1) is 5.92 Å². The van der Waals surface area contributed by atoms with Crippen molar-refractivity contribution in [2.75, 3.05) is 23.7 Å². The number of piperidine rings is 1. The summed E-state index contributed by atoms with van der Waals surface area (Å²) in [4.78, 5) is 7.33. The second-order valence-electron chi connectivity index (χ2n) is 9.59. The zero-order valence-corrected chi connectivity index (χ0v) is 19.6. The van der Waals surface area contributed by atoms with E-state index in [-0.39, 0.29) is 0 Å². The normalized spacial score (nSPS) is 14.8. The highest BCUT2D eigenvalue weighted by atomic mass is 15.1. The molecular weight excluding hydrogens is 416 g/mol. The summed E-state index contributed by atoms with van der Waals surface area (Å²) < 4.78 is 2.15. The van der Waals surface area contributed by atoms with E-state index < -0.39 is 0 Å². The van der Waals surface area contributed by atoms with E-state index in [0.717, 1.165) is 41.0 Å². The molecule has 6 rings (SSSR count). The molecule has 4 nitrogen and oxygen atoms in total. The molecule has 2 N–H and O–H groups in total. The Balaban J connectivity index is 1.24. The maximum atomic E-state index is 6.51. The number of aromatic nitrogens is 2. The second kappa shape index (κ2) is 8.53. The quantitative estimate of drug-likeness (QED) is 0.346. The SMILES string of the molecule is Cn1cc(-c2cc3ccc(N4CCC(Cc5ccccc5)CC4)cc3nc2N)c2ccccc21. The number of nitrogens with two attached hydrogens (primary N) is 1. The van der Waals surface area contributed by atoms with Gasteiger partial charge in [0.2, 0.25) is 0 Å². The first-order chi connectivity index (χ1) is 16.7. The van der Waals surface area contributed by atoms with E-state index >= 15 is 0 Å². The molecule has 3 heterocycles. The van der Waals surface area contributed by atoms with Crippen molar-refractivity contribution in [1.82, 2.24) is 9.55 Å². The zero-order chi connectivity index (χ0) is 23.1. The Labute approximate surface area is 200 Å². The number of aryl methyl sites for hydroxylation is 1. The van der Waals surface area contributed by atoms with Crippen LogP contribution in [0.15, 0.2) is 85.1 Å². The number of nitrogen functional groups attached to an aromatic ring is 1. The van der Waals surface area contributed by atoms with Crippen LogP contribution in [-0.2, 0) is 13.5 Å². The van der Waals surface area contributed by atoms with Crippen LogP contribution in [0.2, 0.25) is 0 Å². The lowest BCUT2D eigenvalue weighted by atomic mass is 9.90. The van der Waals surface area contributed by atoms with Crippen molar-refractivity contribution in [3.63, 3.8) is 0 Å². The molecule has 5 aromatic rings. The Morgan fingerprint density at radius 3 is 2.47 bits per heavy atom. The van der Waals surface area contributed by atoms with Crippen molar-refractivity contribution in [3.05, 3.63) is 90.6 Å². The molecule has 0 amide bonds. The first-order valence-corrected chi connectivity index (χ1v) is 12.2. The highest BCUT2D eigenvalue weighted by Gasteiger charge is 2.20. The van der Waals surface area contributed by atoms with Crippen LogP contribution in [-0.4, -0.2) is 22.6 Å². The molecule has 0 aliphatic carbocycles. The van der Waals surface area contributed by atoms with Crippen LogP contribution >= 0.6 is 0 Å². The Kier molecular flexibility index (Phi) is 5.21. The minimum atomic E-state index is 0.586. The molecule has 34 heavy (non-hydrogen) atoms. The third-order valence-corrected chi connectivity index (χ3v) is 7.36. The Morgan fingerprint density at radius 2 is 1.65 bits per heavy atom. The number of para-hydroxylation sites is 1. The minimum Gasteiger partial charge on any atom is -0.383 e. The van der Waals surface area contributed by atoms with Crippen LogP contribution in [0.25, 0.3) is 32.9 Å². The van der Waals surface area contributed by atoms with Crippen molar-refractivity contribution in [2.45, 2.75) is 19.3 Å². The van der Waals surface area contributed by atoms with Crippen LogP contribution in [0.4, 0.5) is 11.5 Å². The fraction of sp³-hybridized carbons (Fsp3) is 0.233. The molecule has 3 aromatic carbocycles. The third kappa shape index (κ3) is 3.79. The molecule has 2 aromatic heterocycles. The van der Waals surface area contributed by atoms with E-state index in [1.807, 2.05) is 0 Å². The van der Waals surface area contributed by atoms with E-state index in [1.54, 1.807) is 0 Å². The molecule has 1 fully saturated rings. The van der Waals surface area contributed by atoms with Gasteiger partial charge in [-0.15, -0.1) is 0 Å². The van der Waals surface area contributed by atoms with Gasteiger partial charge in [0.1, 0.15) is 5.82 Å². The molecule has 1 aliphatic heterocycles. The summed E-state index contributed by atoms with van der Waals surface area (Å²) in [5, 5.41) is 2.33. The Morgan fingerprint density at radius 1 is 0.882 bits per heavy atom. The maximum absolute atomic E-state index is 6.51. The molecule has 0 radical (unpaired) electrons. The molecule has 0 spiro atoms. The Bertz CT molecular complexity index is 1460. The van der Waals surface area contributed by atoms with E-state index in [1.165, 1.54) is 41.4 Å². The lowest BCUT2D eigenvalue weighted by Crippen LogP contribution is -2.34. The van der Waals surface area contributed by atoms with Crippen molar-refractivity contribution in [3.8, 4) is 11.1 Å². The predicted octanol–water partition coefficient (Wildman–Crippen LogP) is 6.43. The number of hydrogen-bond donors (Lipinski definition) is 1. The monoisotopic (exact) mass is 446 g/mol. The van der Waals surface area contributed by atoms with Crippen LogP contribution < -0.4 is 10.6 Å². The van der Waals surface area contributed by atoms with Gasteiger partial charge >= 0.3 is 0 Å². The first-order valence-electron chi connectivity index (χ1n) is 12.2. The largest absolute Gasteiger partial charge is 0.383 e. The van der Waals surface area contributed by atoms with Gasteiger partial charge in [0.05, 0.1) is 5.52 Å². The molecule has 0 bridgehead atoms. The van der Waals surface area contributed by atoms with Crippen molar-refractivity contribution >= 4 is 33.3 Å². The molecule has 1 saturated heterocycles. The summed E-state index contributed by atoms with van der Waals surface area (Å²) in [5.41, 5.74) is 13.5. The molecule has 1 aliphatic rings. The number of hydrogen-bond acceptors (Lipinski definition) is 3. The average molecular weight is 447 g/mol. The molecule has 0 saturated carbocycles. The summed E-state index contributed by atoms with van der Waals surface area (Å²) >= 11 is 0. The lowest BCUT2D eigenvalue weighted by Gasteiger charge is -2.34. The number of pyridine rings is 1. The van der Waals surface area contributed by atoms with E-state index in [0.29, 0.717) is 5.82 Å². The van der Waals surface area contributed by atoms with Gasteiger partial charge in [0.15, 0.2) is 0 Å². The van der Waals surface area contributed by atoms with Gasteiger partial charge in [-0.1, -0.05) is 54.6 Å². The number of rotatable bonds is 4. The number of anilines is 2. The number of nitrogens with zero attached hydrogens (tertiary/aromatic N) is 3. The van der Waals surface area contributed by atoms with Crippen molar-refractivity contribution < 1.29 is 0 Å². The van der Waals surface area contributed by atoms with Gasteiger partial charge in [-0.05, 0) is 55.0 Å². The van der Waals surface area contributed by atoms with Gasteiger partial charge in [0.25, 0.3) is 0 Å². The summed E-state index contributed by atoms with van der Waals surface area (Å²) in [6, 6.07) is 28.1. The molecule has 0 unspecified atom stereocenters. The first kappa shape index (κ1) is 20.8. The summed E-state index contributed by atoms with van der Waals surface area (Å²) in [6.07, 6.45) is 5.78. The van der Waals surface area contributed by atoms with Crippen molar-refractivity contribution in [2.24, 2.45) is 13.0 Å². The fourth-order valence-corrected chi connectivity index (χ4v) is 5.48. The van der Waals surface area contributed by atoms with E-state index in [4.69, 9.17) is 10.7 Å². The minimum absolute atomic E-state index is 0.586. The lowest BCUT2D eigenvalue weighted by molar-refractivity contribution is 0.404. The maximum Gasteiger partial charge on any atom is 0.132 e. The molecule has 4 heteroatoms. The third-order valence-electron chi connectivity index (χ3n) is 7.36. The smallest absolute Gasteiger partial charge is 0.132 e. The highest BCUT2D eigenvalue weighted by Crippen LogP contribution is 2.36. The second-order valence-corrected chi connectivity index (χ2v) is 9.59. The fourth-order valence-electron chi connectivity index (χ4n) is 5.48. The number of benzene rings is 3. The van der Waals surface area contributed by atoms with Gasteiger partial charge in [-0.25, -0.2) is 4.98 Å². The van der Waals surface area contributed by atoms with Gasteiger partial charge in [-0.3, -0.25) is 0 Å². The highest BCUT2D eigenvalue weighted by molar-refractivity contribution is 6.01. The summed E-state index contributed by atoms with van der Waals surface area (Å²) in [5.74, 6) is 1.35. The summed E-state index contributed by atoms with van der Waals surface area (Å²) in [6.45, 7) is 2.18. The topological polar surface area (TPSA) is 47.1 Å². The zero-order valence-electron chi connectivity index (χ0n) is 19.6. The van der Waals surface area contributed by atoms with Crippen molar-refractivity contribution in [1.29, 1.82) is 0 Å². The van der Waals surface area contributed by atoms with E-state index in [9.17, 15) is 0 Å². The molecule has 0 atom stereocenters. The van der Waals surface area contributed by atoms with Crippen LogP contribution in [0.3, 0.4) is 0 Å². The van der Waals surface area contributed by atoms with Crippen LogP contribution in [0.5, 0.6) is 0 Å². The summed E-state index contributed by atoms with van der Waals surface area (Å²) in [7, 11) is 2.08. The van der Waals surface area contributed by atoms with Crippen LogP contribution in [0.1, 0.15) is 18.4 Å². The predicted molar refractivity (Wildman–Crippen MR) is 143 cm³/mol. The van der Waals surface area contributed by atoms with E-state index in [2.05, 4.69) is 102 Å². The standard InChI is InChI=1S/C30H30N4/c1-33-20-27(25-9-5-6-10-29(25)33)26-18-23-11-12-24(19-28(23)32-30(26)31)34-15-13-22(14-16-34)17-21-7-3-2-4-8-21/h2-12,18-20,22H,13-17H2,1H3,(H2,31,32). The molecular formula is C30H30N4. The van der Waals surface area contributed by atoms with Gasteiger partial charge in [-0.2, -0.15) is 0 Å². The van der Waals surface area contributed by atoms with Gasteiger partial charge < -0.3 is 15.2 Å². The van der Waals surface area contributed by atoms with Gasteiger partial charge in [0, 0.05) is 59.4 Å². The Hall–Kier alpha value is -3.79.